The third-order valence-corrected chi connectivity index (χ3v) is 4.57. The molecule has 0 aromatic rings. The quantitative estimate of drug-likeness (QED) is 0.553. The largest absolute Gasteiger partial charge is 0.373 e. The van der Waals surface area contributed by atoms with Gasteiger partial charge < -0.3 is 15.4 Å². The van der Waals surface area contributed by atoms with Gasteiger partial charge in [0.05, 0.1) is 24.8 Å². The Hall–Kier alpha value is -0.810. The summed E-state index contributed by atoms with van der Waals surface area (Å²) in [5.41, 5.74) is 0. The van der Waals surface area contributed by atoms with Gasteiger partial charge in [0.15, 0.2) is 5.96 Å². The van der Waals surface area contributed by atoms with Crippen molar-refractivity contribution in [3.05, 3.63) is 0 Å². The van der Waals surface area contributed by atoms with Gasteiger partial charge in [-0.1, -0.05) is 6.92 Å². The lowest BCUT2D eigenvalue weighted by molar-refractivity contribution is 0.0992. The van der Waals surface area contributed by atoms with Crippen molar-refractivity contribution in [2.75, 3.05) is 26.2 Å². The summed E-state index contributed by atoms with van der Waals surface area (Å²) in [6.45, 7) is 12.6. The van der Waals surface area contributed by atoms with E-state index in [0.29, 0.717) is 24.3 Å². The highest BCUT2D eigenvalue weighted by Crippen LogP contribution is 2.34. The second-order valence-electron chi connectivity index (χ2n) is 6.34. The first-order chi connectivity index (χ1) is 10.1. The van der Waals surface area contributed by atoms with Crippen LogP contribution in [0.15, 0.2) is 4.99 Å². The van der Waals surface area contributed by atoms with E-state index in [9.17, 15) is 0 Å². The SMILES string of the molecule is CCNC(=NCCN(CC)C(C)C)NC1CC2CCC1O2. The molecule has 0 aromatic carbocycles. The summed E-state index contributed by atoms with van der Waals surface area (Å²) in [6, 6.07) is 1.02. The Morgan fingerprint density at radius 3 is 2.67 bits per heavy atom. The van der Waals surface area contributed by atoms with E-state index in [4.69, 9.17) is 9.73 Å². The molecule has 5 nitrogen and oxygen atoms in total. The van der Waals surface area contributed by atoms with Crippen molar-refractivity contribution >= 4 is 5.96 Å². The van der Waals surface area contributed by atoms with Crippen molar-refractivity contribution in [1.82, 2.24) is 15.5 Å². The Labute approximate surface area is 129 Å². The Balaban J connectivity index is 1.81. The van der Waals surface area contributed by atoms with Crippen molar-refractivity contribution in [3.63, 3.8) is 0 Å². The fourth-order valence-electron chi connectivity index (χ4n) is 3.36. The van der Waals surface area contributed by atoms with Crippen LogP contribution in [0, 0.1) is 0 Å². The van der Waals surface area contributed by atoms with Crippen LogP contribution in [0.1, 0.15) is 47.0 Å². The third kappa shape index (κ3) is 4.58. The monoisotopic (exact) mass is 296 g/mol. The Morgan fingerprint density at radius 2 is 2.14 bits per heavy atom. The fourth-order valence-corrected chi connectivity index (χ4v) is 3.36. The van der Waals surface area contributed by atoms with Gasteiger partial charge in [-0.05, 0) is 46.6 Å². The molecule has 2 heterocycles. The topological polar surface area (TPSA) is 48.9 Å². The molecule has 0 aliphatic carbocycles. The highest BCUT2D eigenvalue weighted by Gasteiger charge is 2.41. The number of hydrogen-bond acceptors (Lipinski definition) is 3. The number of hydrogen-bond donors (Lipinski definition) is 2. The summed E-state index contributed by atoms with van der Waals surface area (Å²) in [5.74, 6) is 0.943. The lowest BCUT2D eigenvalue weighted by atomic mass is 9.96. The van der Waals surface area contributed by atoms with E-state index in [1.807, 2.05) is 0 Å². The standard InChI is InChI=1S/C16H32N4O/c1-5-17-16(18-9-10-20(6-2)12(3)4)19-14-11-13-7-8-15(14)21-13/h12-15H,5-11H2,1-4H3,(H2,17,18,19). The number of nitrogens with zero attached hydrogens (tertiary/aromatic N) is 2. The third-order valence-electron chi connectivity index (χ3n) is 4.57. The minimum atomic E-state index is 0.390. The Morgan fingerprint density at radius 1 is 1.33 bits per heavy atom. The molecule has 2 aliphatic rings. The van der Waals surface area contributed by atoms with Gasteiger partial charge in [0, 0.05) is 19.1 Å². The molecule has 3 atom stereocenters. The number of nitrogens with one attached hydrogen (secondary N) is 2. The molecular weight excluding hydrogens is 264 g/mol. The summed E-state index contributed by atoms with van der Waals surface area (Å²) in [5, 5.41) is 6.92. The van der Waals surface area contributed by atoms with Crippen LogP contribution >= 0.6 is 0 Å². The van der Waals surface area contributed by atoms with E-state index in [0.717, 1.165) is 38.6 Å². The van der Waals surface area contributed by atoms with Gasteiger partial charge >= 0.3 is 0 Å². The van der Waals surface area contributed by atoms with Crippen LogP contribution in [0.4, 0.5) is 0 Å². The van der Waals surface area contributed by atoms with Gasteiger partial charge in [-0.25, -0.2) is 0 Å². The van der Waals surface area contributed by atoms with Crippen LogP contribution in [-0.4, -0.2) is 61.3 Å². The zero-order chi connectivity index (χ0) is 15.2. The van der Waals surface area contributed by atoms with Crippen LogP contribution in [-0.2, 0) is 4.74 Å². The maximum Gasteiger partial charge on any atom is 0.191 e. The number of aliphatic imine (C=N–C) groups is 1. The lowest BCUT2D eigenvalue weighted by Gasteiger charge is -2.25. The summed E-state index contributed by atoms with van der Waals surface area (Å²) >= 11 is 0. The Kier molecular flexibility index (Phi) is 6.30. The smallest absolute Gasteiger partial charge is 0.191 e. The van der Waals surface area contributed by atoms with Gasteiger partial charge in [0.1, 0.15) is 0 Å². The molecule has 2 aliphatic heterocycles. The first-order valence-electron chi connectivity index (χ1n) is 8.58. The van der Waals surface area contributed by atoms with Crippen LogP contribution in [0.25, 0.3) is 0 Å². The summed E-state index contributed by atoms with van der Waals surface area (Å²) < 4.78 is 5.90. The first kappa shape index (κ1) is 16.6. The normalized spacial score (nSPS) is 28.7. The number of guanidine groups is 1. The number of fused-ring (bicyclic) bond motifs is 2. The molecule has 3 unspecified atom stereocenters. The first-order valence-corrected chi connectivity index (χ1v) is 8.58. The highest BCUT2D eigenvalue weighted by molar-refractivity contribution is 5.80. The van der Waals surface area contributed by atoms with Crippen LogP contribution in [0.5, 0.6) is 0 Å². The van der Waals surface area contributed by atoms with E-state index in [-0.39, 0.29) is 0 Å². The summed E-state index contributed by atoms with van der Waals surface area (Å²) in [6.07, 6.45) is 4.42. The van der Waals surface area contributed by atoms with E-state index in [1.165, 1.54) is 12.8 Å². The molecule has 2 N–H and O–H groups in total. The molecule has 5 heteroatoms. The molecule has 2 bridgehead atoms. The molecule has 0 amide bonds. The zero-order valence-corrected chi connectivity index (χ0v) is 14.1. The average molecular weight is 296 g/mol. The zero-order valence-electron chi connectivity index (χ0n) is 14.1. The van der Waals surface area contributed by atoms with Crippen LogP contribution in [0.2, 0.25) is 0 Å². The second kappa shape index (κ2) is 7.99. The molecule has 0 radical (unpaired) electrons. The molecule has 21 heavy (non-hydrogen) atoms. The van der Waals surface area contributed by atoms with Gasteiger partial charge in [-0.3, -0.25) is 9.89 Å². The van der Waals surface area contributed by atoms with Gasteiger partial charge in [-0.2, -0.15) is 0 Å². The van der Waals surface area contributed by atoms with Crippen LogP contribution < -0.4 is 10.6 Å². The second-order valence-corrected chi connectivity index (χ2v) is 6.34. The molecule has 0 spiro atoms. The highest BCUT2D eigenvalue weighted by atomic mass is 16.5. The van der Waals surface area contributed by atoms with E-state index < -0.39 is 0 Å². The van der Waals surface area contributed by atoms with Gasteiger partial charge in [0.25, 0.3) is 0 Å². The summed E-state index contributed by atoms with van der Waals surface area (Å²) in [7, 11) is 0. The van der Waals surface area contributed by atoms with E-state index >= 15 is 0 Å². The average Bonchev–Trinajstić information content (AvgIpc) is 3.05. The van der Waals surface area contributed by atoms with E-state index in [1.54, 1.807) is 0 Å². The number of ether oxygens (including phenoxy) is 1. The van der Waals surface area contributed by atoms with Crippen molar-refractivity contribution in [3.8, 4) is 0 Å². The van der Waals surface area contributed by atoms with Gasteiger partial charge in [0.2, 0.25) is 0 Å². The fraction of sp³-hybridized carbons (Fsp3) is 0.938. The summed E-state index contributed by atoms with van der Waals surface area (Å²) in [4.78, 5) is 7.17. The molecule has 122 valence electrons. The van der Waals surface area contributed by atoms with Crippen molar-refractivity contribution in [2.24, 2.45) is 4.99 Å². The van der Waals surface area contributed by atoms with Crippen molar-refractivity contribution < 1.29 is 4.74 Å². The number of rotatable bonds is 7. The molecule has 0 saturated carbocycles. The maximum atomic E-state index is 5.90. The van der Waals surface area contributed by atoms with E-state index in [2.05, 4.69) is 43.2 Å². The predicted molar refractivity (Wildman–Crippen MR) is 87.8 cm³/mol. The molecule has 2 fully saturated rings. The predicted octanol–water partition coefficient (Wildman–Crippen LogP) is 1.59. The van der Waals surface area contributed by atoms with Crippen molar-refractivity contribution in [2.45, 2.75) is 71.2 Å². The molecule has 0 aromatic heterocycles. The minimum absolute atomic E-state index is 0.390. The number of likely N-dealkylation sites (N-methyl/N-ethyl adjacent to an activating group) is 1. The maximum absolute atomic E-state index is 5.90. The molecular formula is C16H32N4O. The van der Waals surface area contributed by atoms with Gasteiger partial charge in [-0.15, -0.1) is 0 Å². The Bertz CT molecular complexity index is 345. The minimum Gasteiger partial charge on any atom is -0.373 e. The van der Waals surface area contributed by atoms with Crippen molar-refractivity contribution in [1.29, 1.82) is 0 Å². The molecule has 2 saturated heterocycles. The van der Waals surface area contributed by atoms with Crippen LogP contribution in [0.3, 0.4) is 0 Å². The molecule has 2 rings (SSSR count). The lowest BCUT2D eigenvalue weighted by Crippen LogP contribution is -2.47.